The maximum absolute atomic E-state index is 5.12. The first-order valence-corrected chi connectivity index (χ1v) is 6.34. The second-order valence-corrected chi connectivity index (χ2v) is 5.59. The summed E-state index contributed by atoms with van der Waals surface area (Å²) in [6.45, 7) is 9.34. The molecule has 0 saturated heterocycles. The maximum Gasteiger partial charge on any atom is 0.213 e. The van der Waals surface area contributed by atoms with Crippen LogP contribution < -0.4 is 10.1 Å². The van der Waals surface area contributed by atoms with Crippen molar-refractivity contribution >= 4 is 0 Å². The summed E-state index contributed by atoms with van der Waals surface area (Å²) in [4.78, 5) is 6.65. The molecule has 0 bridgehead atoms. The van der Waals surface area contributed by atoms with Gasteiger partial charge in [0.2, 0.25) is 5.88 Å². The summed E-state index contributed by atoms with van der Waals surface area (Å²) >= 11 is 0. The molecule has 0 saturated carbocycles. The Morgan fingerprint density at radius 2 is 2.06 bits per heavy atom. The number of ether oxygens (including phenoxy) is 1. The lowest BCUT2D eigenvalue weighted by Crippen LogP contribution is -2.40. The van der Waals surface area contributed by atoms with E-state index in [0.29, 0.717) is 5.88 Å². The Morgan fingerprint density at radius 3 is 2.67 bits per heavy atom. The van der Waals surface area contributed by atoms with E-state index >= 15 is 0 Å². The van der Waals surface area contributed by atoms with Crippen LogP contribution in [0.1, 0.15) is 26.5 Å². The van der Waals surface area contributed by atoms with E-state index in [0.717, 1.165) is 25.3 Å². The third-order valence-corrected chi connectivity index (χ3v) is 2.57. The SMILES string of the molecule is COc1cccc(CN(C)CCNC(C)(C)C)n1. The number of nitrogens with zero attached hydrogens (tertiary/aromatic N) is 2. The fraction of sp³-hybridized carbons (Fsp3) is 0.643. The van der Waals surface area contributed by atoms with Gasteiger partial charge in [-0.2, -0.15) is 0 Å². The minimum absolute atomic E-state index is 0.176. The predicted molar refractivity (Wildman–Crippen MR) is 74.9 cm³/mol. The van der Waals surface area contributed by atoms with Gasteiger partial charge in [-0.3, -0.25) is 4.90 Å². The quantitative estimate of drug-likeness (QED) is 0.838. The summed E-state index contributed by atoms with van der Waals surface area (Å²) in [5.74, 6) is 0.675. The van der Waals surface area contributed by atoms with Crippen molar-refractivity contribution in [3.05, 3.63) is 23.9 Å². The second-order valence-electron chi connectivity index (χ2n) is 5.59. The van der Waals surface area contributed by atoms with Gasteiger partial charge in [-0.15, -0.1) is 0 Å². The summed E-state index contributed by atoms with van der Waals surface area (Å²) < 4.78 is 5.12. The predicted octanol–water partition coefficient (Wildman–Crippen LogP) is 1.91. The van der Waals surface area contributed by atoms with E-state index in [9.17, 15) is 0 Å². The fourth-order valence-corrected chi connectivity index (χ4v) is 1.64. The van der Waals surface area contributed by atoms with E-state index < -0.39 is 0 Å². The van der Waals surface area contributed by atoms with Crippen LogP contribution in [0.3, 0.4) is 0 Å². The number of pyridine rings is 1. The van der Waals surface area contributed by atoms with Crippen molar-refractivity contribution in [2.45, 2.75) is 32.9 Å². The van der Waals surface area contributed by atoms with Crippen LogP contribution in [0.4, 0.5) is 0 Å². The first-order valence-electron chi connectivity index (χ1n) is 6.34. The summed E-state index contributed by atoms with van der Waals surface area (Å²) in [5, 5.41) is 3.47. The number of methoxy groups -OCH3 is 1. The van der Waals surface area contributed by atoms with Gasteiger partial charge in [-0.1, -0.05) is 6.07 Å². The number of nitrogens with one attached hydrogen (secondary N) is 1. The molecule has 0 atom stereocenters. The number of aromatic nitrogens is 1. The van der Waals surface area contributed by atoms with Crippen LogP contribution in [0.5, 0.6) is 5.88 Å². The van der Waals surface area contributed by atoms with Crippen molar-refractivity contribution in [3.8, 4) is 5.88 Å². The summed E-state index contributed by atoms with van der Waals surface area (Å²) in [6, 6.07) is 5.86. The summed E-state index contributed by atoms with van der Waals surface area (Å²) in [7, 11) is 3.74. The van der Waals surface area contributed by atoms with Crippen LogP contribution in [-0.2, 0) is 6.54 Å². The molecule has 0 spiro atoms. The highest BCUT2D eigenvalue weighted by atomic mass is 16.5. The molecule has 1 aromatic rings. The zero-order valence-corrected chi connectivity index (χ0v) is 12.2. The zero-order chi connectivity index (χ0) is 13.6. The van der Waals surface area contributed by atoms with Gasteiger partial charge in [-0.25, -0.2) is 4.98 Å². The lowest BCUT2D eigenvalue weighted by atomic mass is 10.1. The average Bonchev–Trinajstić information content (AvgIpc) is 2.27. The third-order valence-electron chi connectivity index (χ3n) is 2.57. The molecule has 1 aromatic heterocycles. The monoisotopic (exact) mass is 251 g/mol. The van der Waals surface area contributed by atoms with Crippen molar-refractivity contribution in [2.24, 2.45) is 0 Å². The van der Waals surface area contributed by atoms with E-state index in [-0.39, 0.29) is 5.54 Å². The number of likely N-dealkylation sites (N-methyl/N-ethyl adjacent to an activating group) is 1. The van der Waals surface area contributed by atoms with Crippen molar-refractivity contribution in [2.75, 3.05) is 27.2 Å². The van der Waals surface area contributed by atoms with E-state index in [1.54, 1.807) is 7.11 Å². The number of hydrogen-bond acceptors (Lipinski definition) is 4. The number of rotatable bonds is 6. The first-order chi connectivity index (χ1) is 8.40. The van der Waals surface area contributed by atoms with Gasteiger partial charge in [0.1, 0.15) is 0 Å². The van der Waals surface area contributed by atoms with Gasteiger partial charge in [0.15, 0.2) is 0 Å². The normalized spacial score (nSPS) is 11.9. The molecule has 0 unspecified atom stereocenters. The first kappa shape index (κ1) is 14.9. The Morgan fingerprint density at radius 1 is 1.33 bits per heavy atom. The van der Waals surface area contributed by atoms with Gasteiger partial charge < -0.3 is 10.1 Å². The van der Waals surface area contributed by atoms with Gasteiger partial charge in [0.05, 0.1) is 12.8 Å². The zero-order valence-electron chi connectivity index (χ0n) is 12.2. The molecule has 18 heavy (non-hydrogen) atoms. The second kappa shape index (κ2) is 6.71. The summed E-state index contributed by atoms with van der Waals surface area (Å²) in [5.41, 5.74) is 1.21. The van der Waals surface area contributed by atoms with Crippen LogP contribution in [0.25, 0.3) is 0 Å². The molecular formula is C14H25N3O. The van der Waals surface area contributed by atoms with E-state index in [4.69, 9.17) is 4.74 Å². The van der Waals surface area contributed by atoms with Gasteiger partial charge in [0, 0.05) is 31.2 Å². The Balaban J connectivity index is 2.37. The van der Waals surface area contributed by atoms with Crippen molar-refractivity contribution in [1.82, 2.24) is 15.2 Å². The Bertz CT molecular complexity index is 360. The number of hydrogen-bond donors (Lipinski definition) is 1. The van der Waals surface area contributed by atoms with Crippen LogP contribution >= 0.6 is 0 Å². The fourth-order valence-electron chi connectivity index (χ4n) is 1.64. The molecule has 1 N–H and O–H groups in total. The molecule has 4 heteroatoms. The molecule has 0 amide bonds. The molecule has 0 aliphatic heterocycles. The van der Waals surface area contributed by atoms with Gasteiger partial charge in [-0.05, 0) is 33.9 Å². The summed E-state index contributed by atoms with van der Waals surface area (Å²) in [6.07, 6.45) is 0. The minimum Gasteiger partial charge on any atom is -0.481 e. The molecule has 1 rings (SSSR count). The highest BCUT2D eigenvalue weighted by molar-refractivity contribution is 5.15. The largest absolute Gasteiger partial charge is 0.481 e. The highest BCUT2D eigenvalue weighted by Crippen LogP contribution is 2.08. The Hall–Kier alpha value is -1.13. The van der Waals surface area contributed by atoms with E-state index in [1.807, 2.05) is 18.2 Å². The van der Waals surface area contributed by atoms with Crippen LogP contribution in [0, 0.1) is 0 Å². The van der Waals surface area contributed by atoms with Crippen molar-refractivity contribution < 1.29 is 4.74 Å². The molecule has 0 fully saturated rings. The lowest BCUT2D eigenvalue weighted by molar-refractivity contribution is 0.298. The van der Waals surface area contributed by atoms with Crippen molar-refractivity contribution in [1.29, 1.82) is 0 Å². The Labute approximate surface area is 110 Å². The molecule has 4 nitrogen and oxygen atoms in total. The molecule has 0 radical (unpaired) electrons. The molecule has 0 aliphatic carbocycles. The van der Waals surface area contributed by atoms with Gasteiger partial charge in [0.25, 0.3) is 0 Å². The molecule has 102 valence electrons. The van der Waals surface area contributed by atoms with Crippen LogP contribution in [-0.4, -0.2) is 42.7 Å². The van der Waals surface area contributed by atoms with Crippen molar-refractivity contribution in [3.63, 3.8) is 0 Å². The van der Waals surface area contributed by atoms with Crippen LogP contribution in [0.15, 0.2) is 18.2 Å². The Kier molecular flexibility index (Phi) is 5.56. The van der Waals surface area contributed by atoms with Gasteiger partial charge >= 0.3 is 0 Å². The highest BCUT2D eigenvalue weighted by Gasteiger charge is 2.09. The standard InChI is InChI=1S/C14H25N3O/c1-14(2,3)15-9-10-17(4)11-12-7-6-8-13(16-12)18-5/h6-8,15H,9-11H2,1-5H3. The van der Waals surface area contributed by atoms with E-state index in [2.05, 4.69) is 43.0 Å². The third kappa shape index (κ3) is 5.98. The average molecular weight is 251 g/mol. The molecule has 0 aromatic carbocycles. The van der Waals surface area contributed by atoms with E-state index in [1.165, 1.54) is 0 Å². The minimum atomic E-state index is 0.176. The maximum atomic E-state index is 5.12. The molecule has 0 aliphatic rings. The molecular weight excluding hydrogens is 226 g/mol. The topological polar surface area (TPSA) is 37.4 Å². The smallest absolute Gasteiger partial charge is 0.213 e. The van der Waals surface area contributed by atoms with Crippen LogP contribution in [0.2, 0.25) is 0 Å². The molecule has 1 heterocycles. The lowest BCUT2D eigenvalue weighted by Gasteiger charge is -2.23.